The van der Waals surface area contributed by atoms with E-state index in [1.54, 1.807) is 7.11 Å². The second kappa shape index (κ2) is 4.77. The van der Waals surface area contributed by atoms with Crippen LogP contribution in [0.1, 0.15) is 28.2 Å². The molecule has 0 aliphatic heterocycles. The van der Waals surface area contributed by atoms with E-state index in [0.29, 0.717) is 5.69 Å². The summed E-state index contributed by atoms with van der Waals surface area (Å²) in [7, 11) is 1.68. The molecule has 1 N–H and O–H groups in total. The molecule has 0 bridgehead atoms. The summed E-state index contributed by atoms with van der Waals surface area (Å²) in [6.45, 7) is 7.91. The molecule has 2 rings (SSSR count). The number of nitrogens with one attached hydrogen (secondary N) is 1. The Balaban J connectivity index is 2.74. The smallest absolute Gasteiger partial charge is 0.166 e. The summed E-state index contributed by atoms with van der Waals surface area (Å²) in [5.41, 5.74) is 5.47. The van der Waals surface area contributed by atoms with Crippen molar-refractivity contribution < 1.29 is 4.74 Å². The number of aryl methyl sites for hydroxylation is 2. The molecule has 4 nitrogen and oxygen atoms in total. The molecule has 2 aromatic rings. The van der Waals surface area contributed by atoms with Crippen LogP contribution in [0.4, 0.5) is 0 Å². The van der Waals surface area contributed by atoms with Gasteiger partial charge in [-0.1, -0.05) is 0 Å². The molecular weight excluding hydrogens is 238 g/mol. The maximum atomic E-state index is 9.17. The van der Waals surface area contributed by atoms with Crippen molar-refractivity contribution in [2.75, 3.05) is 7.11 Å². The third-order valence-corrected chi connectivity index (χ3v) is 3.43. The average Bonchev–Trinajstić information content (AvgIpc) is 2.75. The Labute approximate surface area is 113 Å². The SMILES string of the molecule is COc1c(C)cc(-c2[nH]c(C)nc2C#N)c(C)c1C. The predicted molar refractivity (Wildman–Crippen MR) is 74.2 cm³/mol. The van der Waals surface area contributed by atoms with Gasteiger partial charge in [-0.15, -0.1) is 0 Å². The Morgan fingerprint density at radius 2 is 1.89 bits per heavy atom. The van der Waals surface area contributed by atoms with Crippen LogP contribution < -0.4 is 4.74 Å². The number of nitriles is 1. The quantitative estimate of drug-likeness (QED) is 0.896. The van der Waals surface area contributed by atoms with Gasteiger partial charge in [0, 0.05) is 5.56 Å². The number of imidazole rings is 1. The zero-order chi connectivity index (χ0) is 14.2. The van der Waals surface area contributed by atoms with E-state index in [0.717, 1.165) is 39.5 Å². The van der Waals surface area contributed by atoms with Gasteiger partial charge >= 0.3 is 0 Å². The van der Waals surface area contributed by atoms with Crippen LogP contribution in [0.2, 0.25) is 0 Å². The molecule has 4 heteroatoms. The highest BCUT2D eigenvalue weighted by molar-refractivity contribution is 5.72. The van der Waals surface area contributed by atoms with Crippen LogP contribution in [-0.2, 0) is 0 Å². The summed E-state index contributed by atoms with van der Waals surface area (Å²) in [5.74, 6) is 1.65. The summed E-state index contributed by atoms with van der Waals surface area (Å²) >= 11 is 0. The number of aromatic amines is 1. The fourth-order valence-electron chi connectivity index (χ4n) is 2.40. The van der Waals surface area contributed by atoms with Gasteiger partial charge < -0.3 is 9.72 Å². The Morgan fingerprint density at radius 3 is 2.47 bits per heavy atom. The van der Waals surface area contributed by atoms with Gasteiger partial charge in [-0.25, -0.2) is 4.98 Å². The van der Waals surface area contributed by atoms with Crippen molar-refractivity contribution in [2.24, 2.45) is 0 Å². The molecule has 0 amide bonds. The highest BCUT2D eigenvalue weighted by Gasteiger charge is 2.16. The highest BCUT2D eigenvalue weighted by Crippen LogP contribution is 2.34. The van der Waals surface area contributed by atoms with E-state index in [4.69, 9.17) is 10.00 Å². The van der Waals surface area contributed by atoms with Gasteiger partial charge in [0.15, 0.2) is 5.69 Å². The van der Waals surface area contributed by atoms with Gasteiger partial charge in [0.1, 0.15) is 17.6 Å². The minimum Gasteiger partial charge on any atom is -0.496 e. The highest BCUT2D eigenvalue weighted by atomic mass is 16.5. The summed E-state index contributed by atoms with van der Waals surface area (Å²) in [6, 6.07) is 4.17. The molecule has 1 aromatic carbocycles. The van der Waals surface area contributed by atoms with E-state index in [2.05, 4.69) is 16.0 Å². The molecule has 0 saturated carbocycles. The van der Waals surface area contributed by atoms with Crippen molar-refractivity contribution in [2.45, 2.75) is 27.7 Å². The van der Waals surface area contributed by atoms with E-state index >= 15 is 0 Å². The number of rotatable bonds is 2. The van der Waals surface area contributed by atoms with Crippen LogP contribution in [0, 0.1) is 39.0 Å². The minimum atomic E-state index is 0.435. The number of aromatic nitrogens is 2. The van der Waals surface area contributed by atoms with Crippen molar-refractivity contribution >= 4 is 0 Å². The van der Waals surface area contributed by atoms with Crippen LogP contribution in [0.25, 0.3) is 11.3 Å². The Hall–Kier alpha value is -2.28. The monoisotopic (exact) mass is 255 g/mol. The van der Waals surface area contributed by atoms with E-state index in [1.165, 1.54) is 0 Å². The first kappa shape index (κ1) is 13.2. The molecule has 0 aliphatic rings. The summed E-state index contributed by atoms with van der Waals surface area (Å²) in [6.07, 6.45) is 0. The fourth-order valence-corrected chi connectivity index (χ4v) is 2.40. The molecule has 19 heavy (non-hydrogen) atoms. The summed E-state index contributed by atoms with van der Waals surface area (Å²) in [4.78, 5) is 7.37. The standard InChI is InChI=1S/C15H17N3O/c1-8-6-12(9(2)10(3)15(8)19-5)14-13(7-16)17-11(4)18-14/h6H,1-5H3,(H,17,18). The molecule has 0 saturated heterocycles. The fraction of sp³-hybridized carbons (Fsp3) is 0.333. The van der Waals surface area contributed by atoms with Crippen molar-refractivity contribution in [3.63, 3.8) is 0 Å². The number of ether oxygens (including phenoxy) is 1. The summed E-state index contributed by atoms with van der Waals surface area (Å²) < 4.78 is 5.42. The number of nitrogens with zero attached hydrogens (tertiary/aromatic N) is 2. The van der Waals surface area contributed by atoms with E-state index in [9.17, 15) is 0 Å². The molecule has 1 aromatic heterocycles. The van der Waals surface area contributed by atoms with Gasteiger partial charge in [0.2, 0.25) is 0 Å². The number of hydrogen-bond donors (Lipinski definition) is 1. The lowest BCUT2D eigenvalue weighted by molar-refractivity contribution is 0.408. The number of hydrogen-bond acceptors (Lipinski definition) is 3. The summed E-state index contributed by atoms with van der Waals surface area (Å²) in [5, 5.41) is 9.17. The number of benzene rings is 1. The first-order chi connectivity index (χ1) is 8.99. The zero-order valence-electron chi connectivity index (χ0n) is 11.9. The third-order valence-electron chi connectivity index (χ3n) is 3.43. The maximum Gasteiger partial charge on any atom is 0.166 e. The molecule has 0 atom stereocenters. The minimum absolute atomic E-state index is 0.435. The zero-order valence-corrected chi connectivity index (χ0v) is 11.9. The molecular formula is C15H17N3O. The first-order valence-corrected chi connectivity index (χ1v) is 6.11. The van der Waals surface area contributed by atoms with E-state index in [-0.39, 0.29) is 0 Å². The van der Waals surface area contributed by atoms with Crippen molar-refractivity contribution in [1.29, 1.82) is 5.26 Å². The molecule has 0 radical (unpaired) electrons. The average molecular weight is 255 g/mol. The Kier molecular flexibility index (Phi) is 3.30. The van der Waals surface area contributed by atoms with Gasteiger partial charge in [-0.05, 0) is 50.5 Å². The van der Waals surface area contributed by atoms with E-state index in [1.807, 2.05) is 33.8 Å². The van der Waals surface area contributed by atoms with Gasteiger partial charge in [0.25, 0.3) is 0 Å². The molecule has 0 aliphatic carbocycles. The van der Waals surface area contributed by atoms with Gasteiger partial charge in [0.05, 0.1) is 12.8 Å². The van der Waals surface area contributed by atoms with Crippen molar-refractivity contribution in [1.82, 2.24) is 9.97 Å². The van der Waals surface area contributed by atoms with Crippen LogP contribution in [-0.4, -0.2) is 17.1 Å². The lowest BCUT2D eigenvalue weighted by atomic mass is 9.96. The van der Waals surface area contributed by atoms with Crippen LogP contribution in [0.5, 0.6) is 5.75 Å². The third kappa shape index (κ3) is 2.08. The first-order valence-electron chi connectivity index (χ1n) is 6.11. The lowest BCUT2D eigenvalue weighted by Gasteiger charge is -2.15. The van der Waals surface area contributed by atoms with Crippen LogP contribution in [0.3, 0.4) is 0 Å². The van der Waals surface area contributed by atoms with Gasteiger partial charge in [-0.3, -0.25) is 0 Å². The van der Waals surface area contributed by atoms with Crippen LogP contribution >= 0.6 is 0 Å². The van der Waals surface area contributed by atoms with Crippen molar-refractivity contribution in [3.8, 4) is 23.1 Å². The Bertz CT molecular complexity index is 678. The lowest BCUT2D eigenvalue weighted by Crippen LogP contribution is -1.97. The largest absolute Gasteiger partial charge is 0.496 e. The van der Waals surface area contributed by atoms with E-state index < -0.39 is 0 Å². The molecule has 0 spiro atoms. The van der Waals surface area contributed by atoms with Crippen LogP contribution in [0.15, 0.2) is 6.07 Å². The molecule has 98 valence electrons. The Morgan fingerprint density at radius 1 is 1.21 bits per heavy atom. The topological polar surface area (TPSA) is 61.7 Å². The van der Waals surface area contributed by atoms with Gasteiger partial charge in [-0.2, -0.15) is 5.26 Å². The predicted octanol–water partition coefficient (Wildman–Crippen LogP) is 3.19. The second-order valence-electron chi connectivity index (χ2n) is 4.68. The normalized spacial score (nSPS) is 10.3. The molecule has 0 fully saturated rings. The molecule has 1 heterocycles. The molecule has 0 unspecified atom stereocenters. The second-order valence-corrected chi connectivity index (χ2v) is 4.68. The number of H-pyrrole nitrogens is 1. The number of methoxy groups -OCH3 is 1. The maximum absolute atomic E-state index is 9.17. The van der Waals surface area contributed by atoms with Crippen molar-refractivity contribution in [3.05, 3.63) is 34.3 Å².